The number of benzene rings is 1. The second-order valence-electron chi connectivity index (χ2n) is 5.58. The van der Waals surface area contributed by atoms with Crippen LogP contribution in [0.15, 0.2) is 29.3 Å². The Hall–Kier alpha value is -1.84. The smallest absolute Gasteiger partial charge is 0.191 e. The molecule has 0 unspecified atom stereocenters. The van der Waals surface area contributed by atoms with Crippen LogP contribution in [-0.2, 0) is 6.54 Å². The fourth-order valence-corrected chi connectivity index (χ4v) is 2.19. The highest BCUT2D eigenvalue weighted by atomic mass is 127. The largest absolute Gasteiger partial charge is 0.497 e. The molecule has 0 aliphatic heterocycles. The number of hydrogen-bond donors (Lipinski definition) is 3. The lowest BCUT2D eigenvalue weighted by Gasteiger charge is -2.09. The predicted octanol–water partition coefficient (Wildman–Crippen LogP) is 2.17. The third-order valence-corrected chi connectivity index (χ3v) is 3.78. The number of halogens is 1. The molecule has 3 rings (SSSR count). The van der Waals surface area contributed by atoms with Crippen molar-refractivity contribution in [1.82, 2.24) is 25.8 Å². The number of ether oxygens (including phenoxy) is 1. The molecule has 1 aliphatic rings. The highest BCUT2D eigenvalue weighted by Gasteiger charge is 2.21. The Morgan fingerprint density at radius 2 is 2.04 bits per heavy atom. The van der Waals surface area contributed by atoms with E-state index in [4.69, 9.17) is 4.74 Å². The van der Waals surface area contributed by atoms with Gasteiger partial charge in [-0.2, -0.15) is 5.10 Å². The SMILES string of the molecule is CN=C(NCc1nc(-c2ccc(OC)cc2)n[nH]1)NCC1CC1.I. The fourth-order valence-electron chi connectivity index (χ4n) is 2.19. The van der Waals surface area contributed by atoms with Gasteiger partial charge in [-0.15, -0.1) is 24.0 Å². The average Bonchev–Trinajstić information content (AvgIpc) is 3.31. The van der Waals surface area contributed by atoms with Gasteiger partial charge < -0.3 is 15.4 Å². The van der Waals surface area contributed by atoms with Crippen molar-refractivity contribution < 1.29 is 4.74 Å². The number of nitrogens with zero attached hydrogens (tertiary/aromatic N) is 3. The van der Waals surface area contributed by atoms with Crippen LogP contribution in [0.3, 0.4) is 0 Å². The van der Waals surface area contributed by atoms with E-state index in [2.05, 4.69) is 30.8 Å². The number of H-pyrrole nitrogens is 1. The van der Waals surface area contributed by atoms with Crippen LogP contribution in [0, 0.1) is 5.92 Å². The standard InChI is InChI=1S/C16H22N6O.HI/c1-17-16(18-9-11-3-4-11)19-10-14-20-15(22-21-14)12-5-7-13(23-2)8-6-12;/h5-8,11H,3-4,9-10H2,1-2H3,(H2,17,18,19)(H,20,21,22);1H. The van der Waals surface area contributed by atoms with Crippen molar-refractivity contribution in [2.24, 2.45) is 10.9 Å². The van der Waals surface area contributed by atoms with E-state index in [-0.39, 0.29) is 24.0 Å². The highest BCUT2D eigenvalue weighted by molar-refractivity contribution is 14.0. The average molecular weight is 442 g/mol. The molecule has 0 bridgehead atoms. The Labute approximate surface area is 158 Å². The van der Waals surface area contributed by atoms with Gasteiger partial charge in [-0.1, -0.05) is 0 Å². The summed E-state index contributed by atoms with van der Waals surface area (Å²) in [5.41, 5.74) is 0.949. The molecule has 1 aromatic carbocycles. The van der Waals surface area contributed by atoms with E-state index in [0.29, 0.717) is 12.4 Å². The lowest BCUT2D eigenvalue weighted by molar-refractivity contribution is 0.415. The minimum atomic E-state index is 0. The van der Waals surface area contributed by atoms with Crippen molar-refractivity contribution in [3.05, 3.63) is 30.1 Å². The van der Waals surface area contributed by atoms with Gasteiger partial charge in [0.25, 0.3) is 0 Å². The molecule has 3 N–H and O–H groups in total. The van der Waals surface area contributed by atoms with Crippen molar-refractivity contribution in [2.75, 3.05) is 20.7 Å². The molecule has 0 atom stereocenters. The summed E-state index contributed by atoms with van der Waals surface area (Å²) in [7, 11) is 3.42. The maximum atomic E-state index is 5.15. The highest BCUT2D eigenvalue weighted by Crippen LogP contribution is 2.27. The summed E-state index contributed by atoms with van der Waals surface area (Å²) >= 11 is 0. The molecule has 7 nitrogen and oxygen atoms in total. The number of rotatable bonds is 6. The third kappa shape index (κ3) is 5.08. The van der Waals surface area contributed by atoms with Gasteiger partial charge in [0.15, 0.2) is 11.8 Å². The van der Waals surface area contributed by atoms with Crippen LogP contribution >= 0.6 is 24.0 Å². The number of nitrogens with one attached hydrogen (secondary N) is 3. The van der Waals surface area contributed by atoms with Crippen LogP contribution in [0.25, 0.3) is 11.4 Å². The Balaban J connectivity index is 0.00000208. The summed E-state index contributed by atoms with van der Waals surface area (Å²) in [5, 5.41) is 13.8. The molecule has 0 amide bonds. The van der Waals surface area contributed by atoms with Crippen LogP contribution in [0.4, 0.5) is 0 Å². The first-order valence-electron chi connectivity index (χ1n) is 7.78. The van der Waals surface area contributed by atoms with Crippen LogP contribution < -0.4 is 15.4 Å². The normalized spacial score (nSPS) is 14.0. The molecule has 1 aliphatic carbocycles. The first-order chi connectivity index (χ1) is 11.3. The van der Waals surface area contributed by atoms with Gasteiger partial charge in [0.1, 0.15) is 11.6 Å². The van der Waals surface area contributed by atoms with Gasteiger partial charge in [-0.25, -0.2) is 4.98 Å². The topological polar surface area (TPSA) is 87.2 Å². The van der Waals surface area contributed by atoms with Gasteiger partial charge in [0.2, 0.25) is 0 Å². The second kappa shape index (κ2) is 8.86. The number of aromatic amines is 1. The van der Waals surface area contributed by atoms with Crippen molar-refractivity contribution in [3.8, 4) is 17.1 Å². The van der Waals surface area contributed by atoms with Crippen molar-refractivity contribution >= 4 is 29.9 Å². The number of guanidine groups is 1. The van der Waals surface area contributed by atoms with Gasteiger partial charge >= 0.3 is 0 Å². The molecule has 1 fully saturated rings. The lowest BCUT2D eigenvalue weighted by Crippen LogP contribution is -2.38. The minimum absolute atomic E-state index is 0. The Morgan fingerprint density at radius 3 is 2.67 bits per heavy atom. The van der Waals surface area contributed by atoms with Crippen LogP contribution in [0.5, 0.6) is 5.75 Å². The zero-order valence-corrected chi connectivity index (χ0v) is 16.2. The summed E-state index contributed by atoms with van der Waals surface area (Å²) in [5.74, 6) is 3.85. The molecular weight excluding hydrogens is 419 g/mol. The molecule has 1 saturated carbocycles. The maximum absolute atomic E-state index is 5.15. The van der Waals surface area contributed by atoms with E-state index in [1.807, 2.05) is 24.3 Å². The van der Waals surface area contributed by atoms with Crippen molar-refractivity contribution in [1.29, 1.82) is 0 Å². The molecule has 24 heavy (non-hydrogen) atoms. The van der Waals surface area contributed by atoms with E-state index < -0.39 is 0 Å². The van der Waals surface area contributed by atoms with Crippen molar-refractivity contribution in [2.45, 2.75) is 19.4 Å². The first kappa shape index (κ1) is 18.5. The first-order valence-corrected chi connectivity index (χ1v) is 7.78. The van der Waals surface area contributed by atoms with E-state index in [1.165, 1.54) is 12.8 Å². The third-order valence-electron chi connectivity index (χ3n) is 3.78. The summed E-state index contributed by atoms with van der Waals surface area (Å²) in [6.45, 7) is 1.53. The monoisotopic (exact) mass is 442 g/mol. The Kier molecular flexibility index (Phi) is 6.83. The van der Waals surface area contributed by atoms with E-state index in [9.17, 15) is 0 Å². The van der Waals surface area contributed by atoms with Crippen molar-refractivity contribution in [3.63, 3.8) is 0 Å². The molecule has 1 heterocycles. The quantitative estimate of drug-likeness (QED) is 0.363. The van der Waals surface area contributed by atoms with Gasteiger partial charge in [-0.3, -0.25) is 10.1 Å². The number of methoxy groups -OCH3 is 1. The number of aliphatic imine (C=N–C) groups is 1. The zero-order valence-electron chi connectivity index (χ0n) is 13.9. The summed E-state index contributed by atoms with van der Waals surface area (Å²) in [6, 6.07) is 7.67. The Bertz CT molecular complexity index is 665. The fraction of sp³-hybridized carbons (Fsp3) is 0.438. The van der Waals surface area contributed by atoms with Crippen LogP contribution in [0.2, 0.25) is 0 Å². The summed E-state index contributed by atoms with van der Waals surface area (Å²) in [4.78, 5) is 8.70. The molecule has 130 valence electrons. The van der Waals surface area contributed by atoms with E-state index >= 15 is 0 Å². The van der Waals surface area contributed by atoms with E-state index in [1.54, 1.807) is 14.2 Å². The number of aromatic nitrogens is 3. The van der Waals surface area contributed by atoms with Crippen LogP contribution in [0.1, 0.15) is 18.7 Å². The van der Waals surface area contributed by atoms with Gasteiger partial charge in [-0.05, 0) is 43.0 Å². The summed E-state index contributed by atoms with van der Waals surface area (Å²) in [6.07, 6.45) is 2.63. The summed E-state index contributed by atoms with van der Waals surface area (Å²) < 4.78 is 5.15. The number of hydrogen-bond acceptors (Lipinski definition) is 4. The Morgan fingerprint density at radius 1 is 1.29 bits per heavy atom. The van der Waals surface area contributed by atoms with Gasteiger partial charge in [0, 0.05) is 19.2 Å². The second-order valence-corrected chi connectivity index (χ2v) is 5.58. The zero-order chi connectivity index (χ0) is 16.1. The molecule has 0 radical (unpaired) electrons. The maximum Gasteiger partial charge on any atom is 0.191 e. The molecule has 2 aromatic rings. The van der Waals surface area contributed by atoms with Crippen LogP contribution in [-0.4, -0.2) is 41.8 Å². The van der Waals surface area contributed by atoms with Gasteiger partial charge in [0.05, 0.1) is 13.7 Å². The lowest BCUT2D eigenvalue weighted by atomic mass is 10.2. The molecule has 0 spiro atoms. The molecule has 8 heteroatoms. The molecule has 1 aromatic heterocycles. The molecule has 0 saturated heterocycles. The molecular formula is C16H23IN6O. The predicted molar refractivity (Wildman–Crippen MR) is 105 cm³/mol. The minimum Gasteiger partial charge on any atom is -0.497 e. The van der Waals surface area contributed by atoms with E-state index in [0.717, 1.165) is 35.6 Å².